The predicted molar refractivity (Wildman–Crippen MR) is 78.2 cm³/mol. The van der Waals surface area contributed by atoms with Gasteiger partial charge in [0.2, 0.25) is 10.0 Å². The van der Waals surface area contributed by atoms with Gasteiger partial charge in [-0.1, -0.05) is 24.3 Å². The molecule has 0 amide bonds. The monoisotopic (exact) mass is 279 g/mol. The van der Waals surface area contributed by atoms with E-state index in [1.807, 2.05) is 44.2 Å². The number of hydrogen-bond donors (Lipinski definition) is 1. The van der Waals surface area contributed by atoms with E-state index >= 15 is 0 Å². The molecule has 2 aromatic rings. The summed E-state index contributed by atoms with van der Waals surface area (Å²) in [5.41, 5.74) is 0.564. The van der Waals surface area contributed by atoms with Crippen LogP contribution in [-0.4, -0.2) is 20.8 Å². The van der Waals surface area contributed by atoms with Gasteiger partial charge in [-0.15, -0.1) is 0 Å². The van der Waals surface area contributed by atoms with Crippen LogP contribution in [0.4, 0.5) is 5.69 Å². The Morgan fingerprint density at radius 3 is 2.32 bits per heavy atom. The van der Waals surface area contributed by atoms with Gasteiger partial charge >= 0.3 is 0 Å². The SMILES string of the molecule is CC(C)Oc1cccc2c(NS(C)(=O)=O)cccc12. The Labute approximate surface area is 113 Å². The van der Waals surface area contributed by atoms with Crippen LogP contribution < -0.4 is 9.46 Å². The molecule has 0 radical (unpaired) electrons. The van der Waals surface area contributed by atoms with Crippen molar-refractivity contribution in [3.05, 3.63) is 36.4 Å². The molecule has 0 fully saturated rings. The molecule has 5 heteroatoms. The molecule has 1 N–H and O–H groups in total. The van der Waals surface area contributed by atoms with Crippen LogP contribution in [-0.2, 0) is 10.0 Å². The van der Waals surface area contributed by atoms with Gasteiger partial charge in [0.25, 0.3) is 0 Å². The molecule has 4 nitrogen and oxygen atoms in total. The molecule has 0 aliphatic rings. The molecule has 0 saturated heterocycles. The van der Waals surface area contributed by atoms with E-state index < -0.39 is 10.0 Å². The number of nitrogens with one attached hydrogen (secondary N) is 1. The van der Waals surface area contributed by atoms with E-state index in [1.54, 1.807) is 6.07 Å². The second kappa shape index (κ2) is 5.09. The summed E-state index contributed by atoms with van der Waals surface area (Å²) in [4.78, 5) is 0. The lowest BCUT2D eigenvalue weighted by molar-refractivity contribution is 0.245. The maximum Gasteiger partial charge on any atom is 0.229 e. The minimum Gasteiger partial charge on any atom is -0.490 e. The Kier molecular flexibility index (Phi) is 3.66. The van der Waals surface area contributed by atoms with Crippen LogP contribution >= 0.6 is 0 Å². The maximum absolute atomic E-state index is 11.4. The van der Waals surface area contributed by atoms with Gasteiger partial charge in [-0.2, -0.15) is 0 Å². The van der Waals surface area contributed by atoms with Crippen LogP contribution in [0, 0.1) is 0 Å². The number of ether oxygens (including phenoxy) is 1. The van der Waals surface area contributed by atoms with E-state index in [9.17, 15) is 8.42 Å². The first-order valence-corrected chi connectivity index (χ1v) is 7.92. The third-order valence-corrected chi connectivity index (χ3v) is 3.13. The molecule has 2 aromatic carbocycles. The minimum absolute atomic E-state index is 0.0668. The van der Waals surface area contributed by atoms with Crippen molar-refractivity contribution in [2.45, 2.75) is 20.0 Å². The van der Waals surface area contributed by atoms with E-state index in [2.05, 4.69) is 4.72 Å². The second-order valence-corrected chi connectivity index (χ2v) is 6.45. The Balaban J connectivity index is 2.57. The Bertz CT molecular complexity index is 693. The fourth-order valence-electron chi connectivity index (χ4n) is 1.93. The van der Waals surface area contributed by atoms with E-state index in [0.29, 0.717) is 5.69 Å². The fraction of sp³-hybridized carbons (Fsp3) is 0.286. The van der Waals surface area contributed by atoms with Crippen LogP contribution in [0.25, 0.3) is 10.8 Å². The number of benzene rings is 2. The largest absolute Gasteiger partial charge is 0.490 e. The summed E-state index contributed by atoms with van der Waals surface area (Å²) in [5, 5.41) is 1.72. The van der Waals surface area contributed by atoms with Crippen molar-refractivity contribution >= 4 is 26.5 Å². The molecule has 0 spiro atoms. The lowest BCUT2D eigenvalue weighted by Crippen LogP contribution is -2.10. The number of anilines is 1. The van der Waals surface area contributed by atoms with Crippen molar-refractivity contribution in [2.75, 3.05) is 11.0 Å². The zero-order chi connectivity index (χ0) is 14.0. The van der Waals surface area contributed by atoms with Gasteiger partial charge < -0.3 is 4.74 Å². The molecule has 0 heterocycles. The first-order valence-electron chi connectivity index (χ1n) is 6.03. The molecule has 102 valence electrons. The van der Waals surface area contributed by atoms with Gasteiger partial charge in [0, 0.05) is 10.8 Å². The molecule has 0 bridgehead atoms. The molecule has 0 saturated carbocycles. The van der Waals surface area contributed by atoms with Crippen LogP contribution in [0.1, 0.15) is 13.8 Å². The summed E-state index contributed by atoms with van der Waals surface area (Å²) in [5.74, 6) is 0.754. The topological polar surface area (TPSA) is 55.4 Å². The Morgan fingerprint density at radius 2 is 1.68 bits per heavy atom. The molecule has 0 unspecified atom stereocenters. The lowest BCUT2D eigenvalue weighted by atomic mass is 10.1. The molecule has 2 rings (SSSR count). The van der Waals surface area contributed by atoms with Gasteiger partial charge in [0.15, 0.2) is 0 Å². The molecule has 0 atom stereocenters. The smallest absolute Gasteiger partial charge is 0.229 e. The van der Waals surface area contributed by atoms with Crippen molar-refractivity contribution in [1.82, 2.24) is 0 Å². The summed E-state index contributed by atoms with van der Waals surface area (Å²) in [6.07, 6.45) is 1.21. The summed E-state index contributed by atoms with van der Waals surface area (Å²) in [6.45, 7) is 3.91. The maximum atomic E-state index is 11.4. The zero-order valence-electron chi connectivity index (χ0n) is 11.2. The second-order valence-electron chi connectivity index (χ2n) is 4.70. The van der Waals surface area contributed by atoms with E-state index in [0.717, 1.165) is 22.8 Å². The van der Waals surface area contributed by atoms with Crippen molar-refractivity contribution in [3.8, 4) is 5.75 Å². The van der Waals surface area contributed by atoms with Gasteiger partial charge in [0.1, 0.15) is 5.75 Å². The summed E-state index contributed by atoms with van der Waals surface area (Å²) < 4.78 is 31.0. The summed E-state index contributed by atoms with van der Waals surface area (Å²) in [6, 6.07) is 11.1. The van der Waals surface area contributed by atoms with Gasteiger partial charge in [-0.3, -0.25) is 4.72 Å². The normalized spacial score (nSPS) is 11.8. The van der Waals surface area contributed by atoms with Gasteiger partial charge in [0.05, 0.1) is 18.0 Å². The first-order chi connectivity index (χ1) is 8.87. The van der Waals surface area contributed by atoms with Crippen LogP contribution in [0.15, 0.2) is 36.4 Å². The molecular weight excluding hydrogens is 262 g/mol. The molecule has 0 aliphatic carbocycles. The third kappa shape index (κ3) is 3.38. The molecular formula is C14H17NO3S. The highest BCUT2D eigenvalue weighted by atomic mass is 32.2. The Hall–Kier alpha value is -1.75. The average molecular weight is 279 g/mol. The highest BCUT2D eigenvalue weighted by Crippen LogP contribution is 2.31. The number of hydrogen-bond acceptors (Lipinski definition) is 3. The minimum atomic E-state index is -3.30. The van der Waals surface area contributed by atoms with Crippen molar-refractivity contribution in [2.24, 2.45) is 0 Å². The quantitative estimate of drug-likeness (QED) is 0.936. The molecule has 0 aliphatic heterocycles. The third-order valence-electron chi connectivity index (χ3n) is 2.54. The zero-order valence-corrected chi connectivity index (χ0v) is 12.0. The van der Waals surface area contributed by atoms with Crippen molar-refractivity contribution in [1.29, 1.82) is 0 Å². The predicted octanol–water partition coefficient (Wildman–Crippen LogP) is 3.00. The summed E-state index contributed by atoms with van der Waals surface area (Å²) >= 11 is 0. The number of fused-ring (bicyclic) bond motifs is 1. The molecule has 0 aromatic heterocycles. The fourth-order valence-corrected chi connectivity index (χ4v) is 2.50. The first kappa shape index (κ1) is 13.7. The molecule has 19 heavy (non-hydrogen) atoms. The van der Waals surface area contributed by atoms with Crippen molar-refractivity contribution in [3.63, 3.8) is 0 Å². The van der Waals surface area contributed by atoms with E-state index in [1.165, 1.54) is 0 Å². The van der Waals surface area contributed by atoms with E-state index in [-0.39, 0.29) is 6.10 Å². The highest BCUT2D eigenvalue weighted by molar-refractivity contribution is 7.92. The lowest BCUT2D eigenvalue weighted by Gasteiger charge is -2.14. The summed E-state index contributed by atoms with van der Waals surface area (Å²) in [7, 11) is -3.30. The van der Waals surface area contributed by atoms with E-state index in [4.69, 9.17) is 4.74 Å². The number of sulfonamides is 1. The number of rotatable bonds is 4. The van der Waals surface area contributed by atoms with Gasteiger partial charge in [-0.05, 0) is 26.0 Å². The Morgan fingerprint density at radius 1 is 1.05 bits per heavy atom. The van der Waals surface area contributed by atoms with Gasteiger partial charge in [-0.25, -0.2) is 8.42 Å². The average Bonchev–Trinajstić information content (AvgIpc) is 2.27. The van der Waals surface area contributed by atoms with Crippen molar-refractivity contribution < 1.29 is 13.2 Å². The van der Waals surface area contributed by atoms with Crippen LogP contribution in [0.3, 0.4) is 0 Å². The standard InChI is InChI=1S/C14H17NO3S/c1-10(2)18-14-9-5-6-11-12(14)7-4-8-13(11)15-19(3,16)17/h4-10,15H,1-3H3. The highest BCUT2D eigenvalue weighted by Gasteiger charge is 2.09. The van der Waals surface area contributed by atoms with Crippen LogP contribution in [0.2, 0.25) is 0 Å². The van der Waals surface area contributed by atoms with Crippen LogP contribution in [0.5, 0.6) is 5.75 Å².